The Hall–Kier alpha value is -3.06. The Morgan fingerprint density at radius 1 is 1.17 bits per heavy atom. The van der Waals surface area contributed by atoms with Crippen LogP contribution in [-0.2, 0) is 4.74 Å². The SMILES string of the molecule is COc1cccc2cc(C(=O)Nc3ccc(N4CC(C)OC(C)C4)c(F)c3)oc12. The maximum Gasteiger partial charge on any atom is 0.291 e. The molecule has 0 saturated carbocycles. The molecule has 6 nitrogen and oxygen atoms in total. The van der Waals surface area contributed by atoms with Crippen LogP contribution in [0.1, 0.15) is 24.4 Å². The van der Waals surface area contributed by atoms with Gasteiger partial charge >= 0.3 is 0 Å². The summed E-state index contributed by atoms with van der Waals surface area (Å²) in [6.07, 6.45) is 0.0604. The van der Waals surface area contributed by atoms with Gasteiger partial charge in [0.1, 0.15) is 5.82 Å². The highest BCUT2D eigenvalue weighted by Gasteiger charge is 2.24. The smallest absolute Gasteiger partial charge is 0.291 e. The summed E-state index contributed by atoms with van der Waals surface area (Å²) in [4.78, 5) is 14.5. The number of anilines is 2. The topological polar surface area (TPSA) is 63.9 Å². The molecule has 29 heavy (non-hydrogen) atoms. The number of ether oxygens (including phenoxy) is 2. The van der Waals surface area contributed by atoms with E-state index < -0.39 is 11.7 Å². The van der Waals surface area contributed by atoms with Gasteiger partial charge in [0.2, 0.25) is 0 Å². The largest absolute Gasteiger partial charge is 0.493 e. The number of furan rings is 1. The summed E-state index contributed by atoms with van der Waals surface area (Å²) in [6, 6.07) is 11.7. The Balaban J connectivity index is 1.52. The number of fused-ring (bicyclic) bond motifs is 1. The zero-order valence-corrected chi connectivity index (χ0v) is 16.6. The highest BCUT2D eigenvalue weighted by molar-refractivity contribution is 6.05. The molecule has 1 N–H and O–H groups in total. The van der Waals surface area contributed by atoms with Crippen LogP contribution < -0.4 is 15.0 Å². The number of carbonyl (C=O) groups excluding carboxylic acids is 1. The van der Waals surface area contributed by atoms with Crippen LogP contribution in [0.4, 0.5) is 15.8 Å². The molecule has 1 saturated heterocycles. The molecule has 0 radical (unpaired) electrons. The van der Waals surface area contributed by atoms with Crippen molar-refractivity contribution < 1.29 is 23.1 Å². The lowest BCUT2D eigenvalue weighted by atomic mass is 10.2. The molecule has 0 bridgehead atoms. The lowest BCUT2D eigenvalue weighted by Crippen LogP contribution is -2.45. The first-order valence-electron chi connectivity index (χ1n) is 9.52. The summed E-state index contributed by atoms with van der Waals surface area (Å²) in [7, 11) is 1.54. The molecule has 1 aliphatic heterocycles. The molecule has 1 aromatic heterocycles. The van der Waals surface area contributed by atoms with E-state index in [0.29, 0.717) is 35.8 Å². The minimum Gasteiger partial charge on any atom is -0.493 e. The second-order valence-corrected chi connectivity index (χ2v) is 7.27. The number of nitrogens with one attached hydrogen (secondary N) is 1. The third kappa shape index (κ3) is 3.91. The number of hydrogen-bond donors (Lipinski definition) is 1. The molecule has 4 rings (SSSR count). The number of hydrogen-bond acceptors (Lipinski definition) is 5. The molecule has 7 heteroatoms. The molecular weight excluding hydrogens is 375 g/mol. The summed E-state index contributed by atoms with van der Waals surface area (Å²) in [6.45, 7) is 5.18. The summed E-state index contributed by atoms with van der Waals surface area (Å²) >= 11 is 0. The molecule has 2 atom stereocenters. The zero-order chi connectivity index (χ0) is 20.5. The van der Waals surface area contributed by atoms with Crippen LogP contribution in [0, 0.1) is 5.82 Å². The fourth-order valence-corrected chi connectivity index (χ4v) is 3.72. The molecule has 2 unspecified atom stereocenters. The molecule has 1 aliphatic rings. The maximum absolute atomic E-state index is 14.7. The van der Waals surface area contributed by atoms with Crippen molar-refractivity contribution in [3.05, 3.63) is 54.0 Å². The number of benzene rings is 2. The Morgan fingerprint density at radius 3 is 2.62 bits per heavy atom. The monoisotopic (exact) mass is 398 g/mol. The molecule has 2 aromatic carbocycles. The van der Waals surface area contributed by atoms with Gasteiger partial charge in [-0.05, 0) is 44.2 Å². The van der Waals surface area contributed by atoms with Gasteiger partial charge in [-0.1, -0.05) is 12.1 Å². The normalized spacial score (nSPS) is 19.4. The van der Waals surface area contributed by atoms with Crippen LogP contribution in [-0.4, -0.2) is 38.3 Å². The van der Waals surface area contributed by atoms with Crippen molar-refractivity contribution >= 4 is 28.3 Å². The van der Waals surface area contributed by atoms with Gasteiger partial charge in [-0.3, -0.25) is 4.79 Å². The van der Waals surface area contributed by atoms with Crippen molar-refractivity contribution in [2.75, 3.05) is 30.4 Å². The maximum atomic E-state index is 14.7. The Bertz CT molecular complexity index is 1040. The molecule has 1 fully saturated rings. The minimum absolute atomic E-state index is 0.0302. The Kier molecular flexibility index (Phi) is 5.15. The van der Waals surface area contributed by atoms with Gasteiger partial charge < -0.3 is 24.1 Å². The van der Waals surface area contributed by atoms with E-state index in [9.17, 15) is 9.18 Å². The molecule has 2 heterocycles. The van der Waals surface area contributed by atoms with Gasteiger partial charge in [0.25, 0.3) is 5.91 Å². The van der Waals surface area contributed by atoms with Crippen LogP contribution >= 0.6 is 0 Å². The highest BCUT2D eigenvalue weighted by atomic mass is 19.1. The first-order valence-corrected chi connectivity index (χ1v) is 9.52. The molecule has 152 valence electrons. The van der Waals surface area contributed by atoms with E-state index >= 15 is 0 Å². The van der Waals surface area contributed by atoms with Crippen LogP contribution in [0.15, 0.2) is 46.9 Å². The number of halogens is 1. The van der Waals surface area contributed by atoms with Gasteiger partial charge in [-0.15, -0.1) is 0 Å². The lowest BCUT2D eigenvalue weighted by molar-refractivity contribution is -0.00539. The molecule has 1 amide bonds. The second-order valence-electron chi connectivity index (χ2n) is 7.27. The number of nitrogens with zero attached hydrogens (tertiary/aromatic N) is 1. The van der Waals surface area contributed by atoms with Crippen LogP contribution in [0.3, 0.4) is 0 Å². The van der Waals surface area contributed by atoms with Crippen LogP contribution in [0.5, 0.6) is 5.75 Å². The average Bonchev–Trinajstić information content (AvgIpc) is 3.12. The number of para-hydroxylation sites is 1. The van der Waals surface area contributed by atoms with Gasteiger partial charge in [-0.25, -0.2) is 4.39 Å². The summed E-state index contributed by atoms with van der Waals surface area (Å²) in [5.41, 5.74) is 1.36. The van der Waals surface area contributed by atoms with Gasteiger partial charge in [-0.2, -0.15) is 0 Å². The van der Waals surface area contributed by atoms with Crippen molar-refractivity contribution in [2.45, 2.75) is 26.1 Å². The van der Waals surface area contributed by atoms with E-state index in [1.807, 2.05) is 30.9 Å². The standard InChI is InChI=1S/C22H23FN2O4/c1-13-11-25(12-14(2)28-13)18-8-7-16(10-17(18)23)24-22(26)20-9-15-5-4-6-19(27-3)21(15)29-20/h4-10,13-14H,11-12H2,1-3H3,(H,24,26). The van der Waals surface area contributed by atoms with Crippen LogP contribution in [0.25, 0.3) is 11.0 Å². The summed E-state index contributed by atoms with van der Waals surface area (Å²) < 4.78 is 31.3. The number of morpholine rings is 1. The summed E-state index contributed by atoms with van der Waals surface area (Å²) in [5, 5.41) is 3.44. The van der Waals surface area contributed by atoms with Crippen molar-refractivity contribution in [1.82, 2.24) is 0 Å². The molecule has 3 aromatic rings. The van der Waals surface area contributed by atoms with E-state index in [1.165, 1.54) is 13.2 Å². The second kappa shape index (κ2) is 7.75. The fraction of sp³-hybridized carbons (Fsp3) is 0.318. The van der Waals surface area contributed by atoms with Gasteiger partial charge in [0.15, 0.2) is 17.1 Å². The first-order chi connectivity index (χ1) is 13.9. The third-order valence-corrected chi connectivity index (χ3v) is 4.92. The predicted molar refractivity (Wildman–Crippen MR) is 109 cm³/mol. The Morgan fingerprint density at radius 2 is 1.93 bits per heavy atom. The quantitative estimate of drug-likeness (QED) is 0.704. The van der Waals surface area contributed by atoms with Crippen molar-refractivity contribution in [3.63, 3.8) is 0 Å². The number of amides is 1. The van der Waals surface area contributed by atoms with Gasteiger partial charge in [0, 0.05) is 24.2 Å². The molecule has 0 spiro atoms. The lowest BCUT2D eigenvalue weighted by Gasteiger charge is -2.37. The van der Waals surface area contributed by atoms with Crippen molar-refractivity contribution in [1.29, 1.82) is 0 Å². The first kappa shape index (κ1) is 19.3. The van der Waals surface area contributed by atoms with Crippen molar-refractivity contribution in [3.8, 4) is 5.75 Å². The van der Waals surface area contributed by atoms with E-state index in [2.05, 4.69) is 5.32 Å². The highest BCUT2D eigenvalue weighted by Crippen LogP contribution is 2.30. The number of rotatable bonds is 4. The Labute approximate surface area is 168 Å². The van der Waals surface area contributed by atoms with Crippen molar-refractivity contribution in [2.24, 2.45) is 0 Å². The number of methoxy groups -OCH3 is 1. The third-order valence-electron chi connectivity index (χ3n) is 4.92. The minimum atomic E-state index is -0.455. The van der Waals surface area contributed by atoms with E-state index in [0.717, 1.165) is 5.39 Å². The van der Waals surface area contributed by atoms with E-state index in [1.54, 1.807) is 24.3 Å². The number of carbonyl (C=O) groups is 1. The molecule has 0 aliphatic carbocycles. The van der Waals surface area contributed by atoms with Crippen LogP contribution in [0.2, 0.25) is 0 Å². The fourth-order valence-electron chi connectivity index (χ4n) is 3.72. The summed E-state index contributed by atoms with van der Waals surface area (Å²) in [5.74, 6) is -0.171. The van der Waals surface area contributed by atoms with E-state index in [-0.39, 0.29) is 18.0 Å². The average molecular weight is 398 g/mol. The molecular formula is C22H23FN2O4. The zero-order valence-electron chi connectivity index (χ0n) is 16.6. The van der Waals surface area contributed by atoms with E-state index in [4.69, 9.17) is 13.9 Å². The predicted octanol–water partition coefficient (Wildman–Crippen LogP) is 4.45. The van der Waals surface area contributed by atoms with Gasteiger partial charge in [0.05, 0.1) is 25.0 Å².